The first kappa shape index (κ1) is 20.8. The van der Waals surface area contributed by atoms with E-state index >= 15 is 0 Å². The van der Waals surface area contributed by atoms with Crippen LogP contribution in [0.15, 0.2) is 24.3 Å². The summed E-state index contributed by atoms with van der Waals surface area (Å²) in [6, 6.07) is 5.08. The molecule has 1 aromatic carbocycles. The van der Waals surface area contributed by atoms with Gasteiger partial charge in [-0.05, 0) is 37.5 Å². The summed E-state index contributed by atoms with van der Waals surface area (Å²) in [5, 5.41) is 0. The third-order valence-electron chi connectivity index (χ3n) is 4.60. The van der Waals surface area contributed by atoms with Crippen molar-refractivity contribution in [3.63, 3.8) is 0 Å². The molecule has 2 atom stereocenters. The molecule has 2 N–H and O–H groups in total. The molecule has 0 aromatic heterocycles. The van der Waals surface area contributed by atoms with Crippen LogP contribution in [0.5, 0.6) is 0 Å². The molecule has 1 aromatic rings. The summed E-state index contributed by atoms with van der Waals surface area (Å²) in [4.78, 5) is 14.1. The lowest BCUT2D eigenvalue weighted by Gasteiger charge is -2.39. The van der Waals surface area contributed by atoms with Gasteiger partial charge in [0, 0.05) is 19.1 Å². The summed E-state index contributed by atoms with van der Waals surface area (Å²) in [5.74, 6) is -0.362. The zero-order valence-electron chi connectivity index (χ0n) is 13.9. The first-order valence-electron chi connectivity index (χ1n) is 7.81. The van der Waals surface area contributed by atoms with E-state index in [0.29, 0.717) is 5.56 Å². The van der Waals surface area contributed by atoms with Gasteiger partial charge in [-0.25, -0.2) is 0 Å². The van der Waals surface area contributed by atoms with Crippen molar-refractivity contribution in [2.45, 2.75) is 50.9 Å². The van der Waals surface area contributed by atoms with Crippen molar-refractivity contribution in [3.8, 4) is 0 Å². The number of hydrogen-bond acceptors (Lipinski definition) is 2. The van der Waals surface area contributed by atoms with Crippen LogP contribution in [0.4, 0.5) is 13.2 Å². The maximum Gasteiger partial charge on any atom is 0.416 e. The smallest absolute Gasteiger partial charge is 0.341 e. The Labute approximate surface area is 146 Å². The Hall–Kier alpha value is -1.27. The number of rotatable bonds is 3. The van der Waals surface area contributed by atoms with Crippen LogP contribution in [0.3, 0.4) is 0 Å². The number of carbonyl (C=O) groups is 1. The van der Waals surface area contributed by atoms with Crippen molar-refractivity contribution in [2.75, 3.05) is 7.05 Å². The molecule has 1 amide bonds. The Bertz CT molecular complexity index is 575. The molecule has 0 saturated heterocycles. The van der Waals surface area contributed by atoms with Crippen LogP contribution < -0.4 is 5.73 Å². The molecule has 24 heavy (non-hydrogen) atoms. The summed E-state index contributed by atoms with van der Waals surface area (Å²) >= 11 is 0. The molecule has 1 fully saturated rings. The number of benzene rings is 1. The van der Waals surface area contributed by atoms with Crippen LogP contribution in [-0.2, 0) is 17.5 Å². The Morgan fingerprint density at radius 2 is 2.04 bits per heavy atom. The van der Waals surface area contributed by atoms with Crippen molar-refractivity contribution in [3.05, 3.63) is 35.4 Å². The van der Waals surface area contributed by atoms with E-state index in [1.165, 1.54) is 11.0 Å². The van der Waals surface area contributed by atoms with E-state index in [9.17, 15) is 18.0 Å². The van der Waals surface area contributed by atoms with E-state index in [2.05, 4.69) is 0 Å². The van der Waals surface area contributed by atoms with E-state index in [-0.39, 0.29) is 30.8 Å². The van der Waals surface area contributed by atoms with Gasteiger partial charge in [-0.2, -0.15) is 13.2 Å². The van der Waals surface area contributed by atoms with Crippen molar-refractivity contribution < 1.29 is 18.0 Å². The molecule has 7 heteroatoms. The number of nitrogens with two attached hydrogens (primary N) is 1. The minimum atomic E-state index is -4.38. The van der Waals surface area contributed by atoms with Gasteiger partial charge in [-0.3, -0.25) is 4.79 Å². The minimum Gasteiger partial charge on any atom is -0.341 e. The quantitative estimate of drug-likeness (QED) is 0.881. The largest absolute Gasteiger partial charge is 0.416 e. The summed E-state index contributed by atoms with van der Waals surface area (Å²) in [6.45, 7) is 2.03. The highest BCUT2D eigenvalue weighted by atomic mass is 35.5. The second-order valence-corrected chi connectivity index (χ2v) is 6.70. The Kier molecular flexibility index (Phi) is 6.70. The van der Waals surface area contributed by atoms with Crippen molar-refractivity contribution in [1.82, 2.24) is 4.90 Å². The van der Waals surface area contributed by atoms with E-state index < -0.39 is 17.3 Å². The molecule has 1 aliphatic carbocycles. The Balaban J connectivity index is 0.00000288. The highest BCUT2D eigenvalue weighted by Gasteiger charge is 2.39. The highest BCUT2D eigenvalue weighted by molar-refractivity contribution is 5.85. The number of amides is 1. The fourth-order valence-corrected chi connectivity index (χ4v) is 3.23. The molecule has 1 aliphatic rings. The van der Waals surface area contributed by atoms with Gasteiger partial charge >= 0.3 is 6.18 Å². The van der Waals surface area contributed by atoms with Gasteiger partial charge in [0.1, 0.15) is 0 Å². The molecule has 0 aliphatic heterocycles. The zero-order valence-corrected chi connectivity index (χ0v) is 14.7. The molecule has 0 bridgehead atoms. The molecule has 1 saturated carbocycles. The first-order chi connectivity index (χ1) is 10.6. The third-order valence-corrected chi connectivity index (χ3v) is 4.60. The first-order valence-corrected chi connectivity index (χ1v) is 7.81. The lowest BCUT2D eigenvalue weighted by Crippen LogP contribution is -2.53. The maximum atomic E-state index is 12.8. The minimum absolute atomic E-state index is 0. The van der Waals surface area contributed by atoms with Crippen LogP contribution in [0.1, 0.15) is 43.7 Å². The fraction of sp³-hybridized carbons (Fsp3) is 0.588. The predicted molar refractivity (Wildman–Crippen MR) is 89.7 cm³/mol. The van der Waals surface area contributed by atoms with E-state index in [1.807, 2.05) is 6.92 Å². The normalized spacial score (nSPS) is 24.2. The van der Waals surface area contributed by atoms with Crippen molar-refractivity contribution in [2.24, 2.45) is 11.7 Å². The monoisotopic (exact) mass is 364 g/mol. The predicted octanol–water partition coefficient (Wildman–Crippen LogP) is 3.99. The standard InChI is InChI=1S/C17H23F3N2O.ClH/c1-16(21)9-4-3-8-14(16)15(23)22(2)11-12-6-5-7-13(10-12)17(18,19)20;/h5-7,10,14H,3-4,8-9,11,21H2,1-2H3;1H. The topological polar surface area (TPSA) is 46.3 Å². The number of alkyl halides is 3. The number of hydrogen-bond donors (Lipinski definition) is 1. The summed E-state index contributed by atoms with van der Waals surface area (Å²) < 4.78 is 38.3. The molecule has 136 valence electrons. The second kappa shape index (κ2) is 7.74. The summed E-state index contributed by atoms with van der Waals surface area (Å²) in [5.41, 5.74) is 5.46. The van der Waals surface area contributed by atoms with E-state index in [0.717, 1.165) is 37.8 Å². The Morgan fingerprint density at radius 3 is 2.62 bits per heavy atom. The van der Waals surface area contributed by atoms with Crippen LogP contribution >= 0.6 is 12.4 Å². The van der Waals surface area contributed by atoms with Crippen LogP contribution in [0, 0.1) is 5.92 Å². The summed E-state index contributed by atoms with van der Waals surface area (Å²) in [7, 11) is 1.62. The van der Waals surface area contributed by atoms with Crippen LogP contribution in [0.25, 0.3) is 0 Å². The summed E-state index contributed by atoms with van der Waals surface area (Å²) in [6.07, 6.45) is -0.883. The molecular formula is C17H24ClF3N2O. The molecule has 0 spiro atoms. The number of nitrogens with zero attached hydrogens (tertiary/aromatic N) is 1. The van der Waals surface area contributed by atoms with Gasteiger partial charge in [-0.1, -0.05) is 25.0 Å². The fourth-order valence-electron chi connectivity index (χ4n) is 3.23. The molecule has 3 nitrogen and oxygen atoms in total. The molecule has 2 rings (SSSR count). The van der Waals surface area contributed by atoms with Crippen molar-refractivity contribution >= 4 is 18.3 Å². The van der Waals surface area contributed by atoms with Gasteiger partial charge in [0.05, 0.1) is 11.5 Å². The van der Waals surface area contributed by atoms with Gasteiger partial charge in [-0.15, -0.1) is 12.4 Å². The lowest BCUT2D eigenvalue weighted by atomic mass is 9.74. The third kappa shape index (κ3) is 4.86. The SMILES string of the molecule is CN(Cc1cccc(C(F)(F)F)c1)C(=O)C1CCCCC1(C)N.Cl. The van der Waals surface area contributed by atoms with E-state index in [4.69, 9.17) is 5.73 Å². The number of halogens is 4. The lowest BCUT2D eigenvalue weighted by molar-refractivity contribution is -0.138. The van der Waals surface area contributed by atoms with Gasteiger partial charge in [0.2, 0.25) is 5.91 Å². The maximum absolute atomic E-state index is 12.8. The Morgan fingerprint density at radius 1 is 1.38 bits per heavy atom. The van der Waals surface area contributed by atoms with Gasteiger partial charge < -0.3 is 10.6 Å². The average Bonchev–Trinajstić information content (AvgIpc) is 2.45. The number of carbonyl (C=O) groups excluding carboxylic acids is 1. The highest BCUT2D eigenvalue weighted by Crippen LogP contribution is 2.33. The molecule has 0 radical (unpaired) electrons. The van der Waals surface area contributed by atoms with Gasteiger partial charge in [0.15, 0.2) is 0 Å². The molecule has 2 unspecified atom stereocenters. The molecular weight excluding hydrogens is 341 g/mol. The van der Waals surface area contributed by atoms with Gasteiger partial charge in [0.25, 0.3) is 0 Å². The van der Waals surface area contributed by atoms with Crippen LogP contribution in [0.2, 0.25) is 0 Å². The van der Waals surface area contributed by atoms with Crippen LogP contribution in [-0.4, -0.2) is 23.4 Å². The van der Waals surface area contributed by atoms with E-state index in [1.54, 1.807) is 13.1 Å². The molecule has 0 heterocycles. The van der Waals surface area contributed by atoms with Crippen molar-refractivity contribution in [1.29, 1.82) is 0 Å². The zero-order chi connectivity index (χ0) is 17.3. The average molecular weight is 365 g/mol. The second-order valence-electron chi connectivity index (χ2n) is 6.70.